The number of hydrogen-bond acceptors (Lipinski definition) is 4. The number of rotatable bonds is 5. The van der Waals surface area contributed by atoms with E-state index in [4.69, 9.17) is 4.74 Å². The molecule has 1 amide bonds. The number of ether oxygens (including phenoxy) is 1. The third kappa shape index (κ3) is 2.58. The normalized spacial score (nSPS) is 19.1. The maximum absolute atomic E-state index is 12.1. The van der Waals surface area contributed by atoms with Crippen molar-refractivity contribution in [2.75, 3.05) is 27.2 Å². The molecule has 1 aromatic heterocycles. The Morgan fingerprint density at radius 1 is 1.63 bits per heavy atom. The molecule has 1 aliphatic heterocycles. The third-order valence-corrected chi connectivity index (χ3v) is 3.83. The molecule has 3 rings (SSSR count). The third-order valence-electron chi connectivity index (χ3n) is 3.83. The fourth-order valence-corrected chi connectivity index (χ4v) is 2.56. The van der Waals surface area contributed by atoms with E-state index in [1.807, 2.05) is 0 Å². The lowest BCUT2D eigenvalue weighted by Crippen LogP contribution is -2.41. The average Bonchev–Trinajstić information content (AvgIpc) is 2.95. The summed E-state index contributed by atoms with van der Waals surface area (Å²) in [5, 5.41) is 7.22. The van der Waals surface area contributed by atoms with Crippen LogP contribution in [0.1, 0.15) is 23.3 Å². The molecule has 1 aromatic rings. The number of carbonyl (C=O) groups is 1. The molecule has 0 radical (unpaired) electrons. The summed E-state index contributed by atoms with van der Waals surface area (Å²) in [6, 6.07) is 2.14. The summed E-state index contributed by atoms with van der Waals surface area (Å²) in [5.74, 6) is 1.31. The van der Waals surface area contributed by atoms with Gasteiger partial charge in [0.25, 0.3) is 5.91 Å². The molecule has 0 aromatic carbocycles. The van der Waals surface area contributed by atoms with Gasteiger partial charge >= 0.3 is 0 Å². The molecular formula is C13H20N4O2. The summed E-state index contributed by atoms with van der Waals surface area (Å²) in [7, 11) is 4.13. The fraction of sp³-hybridized carbons (Fsp3) is 0.692. The number of aromatic nitrogens is 2. The molecule has 1 aliphatic carbocycles. The van der Waals surface area contributed by atoms with Crippen LogP contribution in [-0.2, 0) is 6.54 Å². The second kappa shape index (κ2) is 4.85. The predicted octanol–water partition coefficient (Wildman–Crippen LogP) is 0.345. The molecule has 0 bridgehead atoms. The molecule has 2 aliphatic rings. The first-order chi connectivity index (χ1) is 9.15. The van der Waals surface area contributed by atoms with E-state index in [0.29, 0.717) is 30.8 Å². The van der Waals surface area contributed by atoms with Gasteiger partial charge in [-0.2, -0.15) is 5.10 Å². The van der Waals surface area contributed by atoms with Crippen LogP contribution < -0.4 is 10.1 Å². The van der Waals surface area contributed by atoms with Gasteiger partial charge in [-0.05, 0) is 32.9 Å². The van der Waals surface area contributed by atoms with E-state index >= 15 is 0 Å². The molecule has 6 heteroatoms. The zero-order valence-corrected chi connectivity index (χ0v) is 11.4. The van der Waals surface area contributed by atoms with E-state index in [1.54, 1.807) is 10.7 Å². The van der Waals surface area contributed by atoms with Crippen molar-refractivity contribution in [2.45, 2.75) is 25.4 Å². The Bertz CT molecular complexity index is 455. The van der Waals surface area contributed by atoms with Crippen LogP contribution in [0.25, 0.3) is 0 Å². The van der Waals surface area contributed by atoms with E-state index in [2.05, 4.69) is 29.4 Å². The van der Waals surface area contributed by atoms with Crippen molar-refractivity contribution < 1.29 is 9.53 Å². The topological polar surface area (TPSA) is 59.4 Å². The molecule has 1 unspecified atom stereocenters. The van der Waals surface area contributed by atoms with Crippen LogP contribution in [0.2, 0.25) is 0 Å². The van der Waals surface area contributed by atoms with Crippen LogP contribution >= 0.6 is 0 Å². The summed E-state index contributed by atoms with van der Waals surface area (Å²) in [6.45, 7) is 2.05. The lowest BCUT2D eigenvalue weighted by Gasteiger charge is -2.24. The van der Waals surface area contributed by atoms with Crippen molar-refractivity contribution >= 4 is 5.91 Å². The molecular weight excluding hydrogens is 244 g/mol. The van der Waals surface area contributed by atoms with Crippen molar-refractivity contribution in [2.24, 2.45) is 5.92 Å². The number of nitrogens with zero attached hydrogens (tertiary/aromatic N) is 3. The monoisotopic (exact) mass is 264 g/mol. The van der Waals surface area contributed by atoms with Crippen LogP contribution in [0.15, 0.2) is 6.07 Å². The fourth-order valence-electron chi connectivity index (χ4n) is 2.56. The highest BCUT2D eigenvalue weighted by atomic mass is 16.5. The highest BCUT2D eigenvalue weighted by molar-refractivity contribution is 5.92. The molecule has 1 N–H and O–H groups in total. The van der Waals surface area contributed by atoms with Crippen LogP contribution in [0.4, 0.5) is 0 Å². The minimum absolute atomic E-state index is 0.113. The van der Waals surface area contributed by atoms with Gasteiger partial charge in [0.05, 0.1) is 6.54 Å². The van der Waals surface area contributed by atoms with Crippen molar-refractivity contribution in [3.63, 3.8) is 0 Å². The first-order valence-corrected chi connectivity index (χ1v) is 6.80. The first-order valence-electron chi connectivity index (χ1n) is 6.80. The molecule has 0 spiro atoms. The van der Waals surface area contributed by atoms with Crippen molar-refractivity contribution in [3.8, 4) is 5.88 Å². The Balaban J connectivity index is 1.58. The van der Waals surface area contributed by atoms with Gasteiger partial charge in [-0.25, -0.2) is 4.68 Å². The standard InChI is InChI=1S/C13H20N4O2/c1-16(2)11(9-3-4-9)8-14-13(18)10-7-12-17(15-10)5-6-19-12/h7,9,11H,3-6,8H2,1-2H3,(H,14,18). The molecule has 104 valence electrons. The Hall–Kier alpha value is -1.56. The molecule has 1 fully saturated rings. The lowest BCUT2D eigenvalue weighted by atomic mass is 10.1. The lowest BCUT2D eigenvalue weighted by molar-refractivity contribution is 0.0932. The predicted molar refractivity (Wildman–Crippen MR) is 70.3 cm³/mol. The van der Waals surface area contributed by atoms with Gasteiger partial charge in [-0.1, -0.05) is 0 Å². The van der Waals surface area contributed by atoms with Gasteiger partial charge in [-0.15, -0.1) is 0 Å². The Kier molecular flexibility index (Phi) is 3.18. The maximum atomic E-state index is 12.1. The highest BCUT2D eigenvalue weighted by Gasteiger charge is 2.33. The van der Waals surface area contributed by atoms with E-state index in [1.165, 1.54) is 12.8 Å². The largest absolute Gasteiger partial charge is 0.476 e. The van der Waals surface area contributed by atoms with E-state index in [-0.39, 0.29) is 5.91 Å². The van der Waals surface area contributed by atoms with Crippen LogP contribution in [0.5, 0.6) is 5.88 Å². The average molecular weight is 264 g/mol. The number of likely N-dealkylation sites (N-methyl/N-ethyl adjacent to an activating group) is 1. The van der Waals surface area contributed by atoms with Gasteiger partial charge in [-0.3, -0.25) is 4.79 Å². The Morgan fingerprint density at radius 2 is 2.42 bits per heavy atom. The zero-order chi connectivity index (χ0) is 13.4. The van der Waals surface area contributed by atoms with Gasteiger partial charge in [0.15, 0.2) is 5.69 Å². The molecule has 2 heterocycles. The summed E-state index contributed by atoms with van der Waals surface area (Å²) in [5.41, 5.74) is 0.447. The smallest absolute Gasteiger partial charge is 0.271 e. The second-order valence-corrected chi connectivity index (χ2v) is 5.52. The van der Waals surface area contributed by atoms with Crippen LogP contribution in [0.3, 0.4) is 0 Å². The summed E-state index contributed by atoms with van der Waals surface area (Å²) in [6.07, 6.45) is 2.54. The number of amides is 1. The summed E-state index contributed by atoms with van der Waals surface area (Å²) >= 11 is 0. The van der Waals surface area contributed by atoms with Crippen molar-refractivity contribution in [1.29, 1.82) is 0 Å². The minimum Gasteiger partial charge on any atom is -0.476 e. The molecule has 19 heavy (non-hydrogen) atoms. The van der Waals surface area contributed by atoms with E-state index in [9.17, 15) is 4.79 Å². The Labute approximate surface area is 112 Å². The second-order valence-electron chi connectivity index (χ2n) is 5.52. The summed E-state index contributed by atoms with van der Waals surface area (Å²) < 4.78 is 7.09. The number of carbonyl (C=O) groups excluding carboxylic acids is 1. The minimum atomic E-state index is -0.113. The number of nitrogens with one attached hydrogen (secondary N) is 1. The molecule has 0 saturated heterocycles. The van der Waals surface area contributed by atoms with Crippen molar-refractivity contribution in [1.82, 2.24) is 20.0 Å². The quantitative estimate of drug-likeness (QED) is 0.833. The van der Waals surface area contributed by atoms with Gasteiger partial charge in [0.1, 0.15) is 6.61 Å². The van der Waals surface area contributed by atoms with Gasteiger partial charge < -0.3 is 15.0 Å². The number of hydrogen-bond donors (Lipinski definition) is 1. The maximum Gasteiger partial charge on any atom is 0.271 e. The molecule has 1 saturated carbocycles. The van der Waals surface area contributed by atoms with Crippen molar-refractivity contribution in [3.05, 3.63) is 11.8 Å². The SMILES string of the molecule is CN(C)C(CNC(=O)c1cc2n(n1)CCO2)C1CC1. The highest BCUT2D eigenvalue weighted by Crippen LogP contribution is 2.34. The first kappa shape index (κ1) is 12.5. The Morgan fingerprint density at radius 3 is 3.05 bits per heavy atom. The van der Waals surface area contributed by atoms with Gasteiger partial charge in [0.2, 0.25) is 5.88 Å². The number of fused-ring (bicyclic) bond motifs is 1. The van der Waals surface area contributed by atoms with Crippen LogP contribution in [-0.4, -0.2) is 53.9 Å². The molecule has 6 nitrogen and oxygen atoms in total. The van der Waals surface area contributed by atoms with Crippen LogP contribution in [0, 0.1) is 5.92 Å². The molecule has 1 atom stereocenters. The summed E-state index contributed by atoms with van der Waals surface area (Å²) in [4.78, 5) is 14.2. The van der Waals surface area contributed by atoms with Gasteiger partial charge in [0, 0.05) is 18.7 Å². The van der Waals surface area contributed by atoms with E-state index < -0.39 is 0 Å². The van der Waals surface area contributed by atoms with E-state index in [0.717, 1.165) is 12.5 Å². The zero-order valence-electron chi connectivity index (χ0n) is 11.4.